The van der Waals surface area contributed by atoms with Gasteiger partial charge in [-0.15, -0.1) is 0 Å². The summed E-state index contributed by atoms with van der Waals surface area (Å²) in [7, 11) is -4.07. The molecule has 40 heavy (non-hydrogen) atoms. The third kappa shape index (κ3) is 6.42. The summed E-state index contributed by atoms with van der Waals surface area (Å²) in [5, 5.41) is 9.41. The van der Waals surface area contributed by atoms with E-state index in [1.165, 1.54) is 30.3 Å². The predicted molar refractivity (Wildman–Crippen MR) is 152 cm³/mol. The van der Waals surface area contributed by atoms with Crippen molar-refractivity contribution in [1.29, 1.82) is 0 Å². The van der Waals surface area contributed by atoms with Crippen molar-refractivity contribution in [2.45, 2.75) is 38.8 Å². The minimum Gasteiger partial charge on any atom is -0.478 e. The third-order valence-corrected chi connectivity index (χ3v) is 8.43. The number of aromatic carboxylic acids is 1. The van der Waals surface area contributed by atoms with Crippen molar-refractivity contribution < 1.29 is 31.5 Å². The van der Waals surface area contributed by atoms with Gasteiger partial charge in [0.2, 0.25) is 10.0 Å². The van der Waals surface area contributed by atoms with Gasteiger partial charge in [-0.05, 0) is 58.5 Å². The predicted octanol–water partition coefficient (Wildman–Crippen LogP) is 7.79. The summed E-state index contributed by atoms with van der Waals surface area (Å²) < 4.78 is 68.5. The number of halogens is 4. The quantitative estimate of drug-likeness (QED) is 0.239. The number of alkyl halides is 3. The van der Waals surface area contributed by atoms with Crippen molar-refractivity contribution in [2.24, 2.45) is 0 Å². The van der Waals surface area contributed by atoms with E-state index in [0.29, 0.717) is 5.56 Å². The smallest absolute Gasteiger partial charge is 0.416 e. The van der Waals surface area contributed by atoms with Crippen LogP contribution in [-0.4, -0.2) is 29.2 Å². The molecule has 1 aromatic heterocycles. The van der Waals surface area contributed by atoms with Gasteiger partial charge in [-0.2, -0.15) is 13.2 Å². The van der Waals surface area contributed by atoms with Gasteiger partial charge in [0, 0.05) is 22.5 Å². The van der Waals surface area contributed by atoms with E-state index in [2.05, 4.69) is 20.8 Å². The first-order valence-electron chi connectivity index (χ1n) is 12.3. The van der Waals surface area contributed by atoms with E-state index < -0.39 is 33.5 Å². The molecule has 1 heterocycles. The van der Waals surface area contributed by atoms with Crippen LogP contribution < -0.4 is 0 Å². The van der Waals surface area contributed by atoms with Crippen molar-refractivity contribution in [3.8, 4) is 0 Å². The SMILES string of the molecule is CC(C)(C)c1cccc(C=CCS(=O)(=O)n2c(Cc3ccc(C(=O)O)cc3Cl)cc3cc(C(F)(F)F)ccc32)c1. The fraction of sp³-hybridized carbons (Fsp3) is 0.233. The van der Waals surface area contributed by atoms with E-state index in [9.17, 15) is 31.5 Å². The molecular formula is C30H27ClF3NO4S. The van der Waals surface area contributed by atoms with Gasteiger partial charge in [0.25, 0.3) is 0 Å². The Morgan fingerprint density at radius 2 is 1.70 bits per heavy atom. The molecule has 210 valence electrons. The largest absolute Gasteiger partial charge is 0.478 e. The number of carboxylic acid groups (broad SMARTS) is 1. The molecule has 0 aliphatic carbocycles. The van der Waals surface area contributed by atoms with Crippen LogP contribution >= 0.6 is 11.6 Å². The lowest BCUT2D eigenvalue weighted by Gasteiger charge is -2.19. The zero-order chi connectivity index (χ0) is 29.5. The summed E-state index contributed by atoms with van der Waals surface area (Å²) in [4.78, 5) is 11.3. The molecule has 0 bridgehead atoms. The van der Waals surface area contributed by atoms with Gasteiger partial charge >= 0.3 is 12.1 Å². The maximum absolute atomic E-state index is 13.6. The van der Waals surface area contributed by atoms with Gasteiger partial charge in [0.15, 0.2) is 0 Å². The fourth-order valence-corrected chi connectivity index (χ4v) is 6.06. The zero-order valence-corrected chi connectivity index (χ0v) is 23.5. The third-order valence-electron chi connectivity index (χ3n) is 6.48. The van der Waals surface area contributed by atoms with Crippen molar-refractivity contribution in [1.82, 2.24) is 3.97 Å². The van der Waals surface area contributed by atoms with Gasteiger partial charge in [-0.3, -0.25) is 0 Å². The number of hydrogen-bond acceptors (Lipinski definition) is 3. The summed E-state index contributed by atoms with van der Waals surface area (Å²) >= 11 is 6.29. The topological polar surface area (TPSA) is 76.4 Å². The van der Waals surface area contributed by atoms with Crippen LogP contribution in [0.25, 0.3) is 17.0 Å². The lowest BCUT2D eigenvalue weighted by Crippen LogP contribution is -2.18. The molecule has 5 nitrogen and oxygen atoms in total. The number of rotatable bonds is 7. The van der Waals surface area contributed by atoms with Gasteiger partial charge in [-0.25, -0.2) is 17.2 Å². The lowest BCUT2D eigenvalue weighted by molar-refractivity contribution is -0.137. The standard InChI is InChI=1S/C30H27ClF3NO4S/c1-29(2,3)23-8-4-6-19(14-23)7-5-13-40(38,39)35-25(16-20-9-10-21(28(36)37)18-26(20)31)17-22-15-24(30(32,33)34)11-12-27(22)35/h4-12,14-15,17-18H,13,16H2,1-3H3,(H,36,37). The molecule has 1 N–H and O–H groups in total. The molecule has 0 fully saturated rings. The van der Waals surface area contributed by atoms with E-state index in [4.69, 9.17) is 11.6 Å². The average molecular weight is 590 g/mol. The second kappa shape index (κ2) is 10.8. The van der Waals surface area contributed by atoms with Crippen LogP contribution in [0, 0.1) is 0 Å². The maximum atomic E-state index is 13.6. The first kappa shape index (κ1) is 29.4. The molecule has 0 amide bonds. The molecule has 0 aliphatic heterocycles. The van der Waals surface area contributed by atoms with Crippen molar-refractivity contribution in [3.63, 3.8) is 0 Å². The van der Waals surface area contributed by atoms with Gasteiger partial charge in [0.1, 0.15) is 0 Å². The van der Waals surface area contributed by atoms with Crippen LogP contribution in [0.2, 0.25) is 5.02 Å². The van der Waals surface area contributed by atoms with E-state index in [-0.39, 0.29) is 39.0 Å². The highest BCUT2D eigenvalue weighted by atomic mass is 35.5. The van der Waals surface area contributed by atoms with Gasteiger partial charge < -0.3 is 5.11 Å². The minimum absolute atomic E-state index is 0.0441. The Kier molecular flexibility index (Phi) is 7.93. The lowest BCUT2D eigenvalue weighted by atomic mass is 9.86. The van der Waals surface area contributed by atoms with Crippen molar-refractivity contribution in [2.75, 3.05) is 5.75 Å². The van der Waals surface area contributed by atoms with E-state index in [1.54, 1.807) is 6.08 Å². The number of aromatic nitrogens is 1. The van der Waals surface area contributed by atoms with Gasteiger partial charge in [-0.1, -0.05) is 74.9 Å². The normalized spacial score (nSPS) is 12.9. The highest BCUT2D eigenvalue weighted by Crippen LogP contribution is 2.34. The molecule has 0 saturated heterocycles. The molecule has 4 aromatic rings. The summed E-state index contributed by atoms with van der Waals surface area (Å²) in [5.74, 6) is -1.58. The summed E-state index contributed by atoms with van der Waals surface area (Å²) in [6.07, 6.45) is -1.45. The highest BCUT2D eigenvalue weighted by Gasteiger charge is 2.31. The molecular weight excluding hydrogens is 563 g/mol. The van der Waals surface area contributed by atoms with Crippen LogP contribution in [0.1, 0.15) is 59.1 Å². The number of benzene rings is 3. The summed E-state index contributed by atoms with van der Waals surface area (Å²) in [6.45, 7) is 6.22. The Morgan fingerprint density at radius 3 is 2.33 bits per heavy atom. The van der Waals surface area contributed by atoms with E-state index >= 15 is 0 Å². The molecule has 0 unspecified atom stereocenters. The summed E-state index contributed by atoms with van der Waals surface area (Å²) in [6, 6.07) is 16.1. The maximum Gasteiger partial charge on any atom is 0.416 e. The number of carbonyl (C=O) groups is 1. The fourth-order valence-electron chi connectivity index (χ4n) is 4.38. The van der Waals surface area contributed by atoms with Crippen LogP contribution in [0.3, 0.4) is 0 Å². The zero-order valence-electron chi connectivity index (χ0n) is 22.0. The van der Waals surface area contributed by atoms with Crippen LogP contribution in [0.15, 0.2) is 72.8 Å². The first-order chi connectivity index (χ1) is 18.6. The second-order valence-electron chi connectivity index (χ2n) is 10.5. The molecule has 0 radical (unpaired) electrons. The number of carboxylic acids is 1. The number of nitrogens with zero attached hydrogens (tertiary/aromatic N) is 1. The van der Waals surface area contributed by atoms with Crippen LogP contribution in [-0.2, 0) is 28.0 Å². The molecule has 10 heteroatoms. The summed E-state index contributed by atoms with van der Waals surface area (Å²) in [5.41, 5.74) is 1.60. The molecule has 3 aromatic carbocycles. The molecule has 0 atom stereocenters. The van der Waals surface area contributed by atoms with Crippen molar-refractivity contribution >= 4 is 44.6 Å². The Balaban J connectivity index is 1.76. The number of hydrogen-bond donors (Lipinski definition) is 1. The first-order valence-corrected chi connectivity index (χ1v) is 14.3. The van der Waals surface area contributed by atoms with E-state index in [1.807, 2.05) is 24.3 Å². The van der Waals surface area contributed by atoms with Gasteiger partial charge in [0.05, 0.1) is 22.4 Å². The minimum atomic E-state index is -4.60. The Hall–Kier alpha value is -3.56. The Bertz CT molecular complexity index is 1730. The second-order valence-corrected chi connectivity index (χ2v) is 12.8. The monoisotopic (exact) mass is 589 g/mol. The Morgan fingerprint density at radius 1 is 0.975 bits per heavy atom. The molecule has 0 spiro atoms. The van der Waals surface area contributed by atoms with Crippen LogP contribution in [0.4, 0.5) is 13.2 Å². The molecule has 4 rings (SSSR count). The highest BCUT2D eigenvalue weighted by molar-refractivity contribution is 7.90. The van der Waals surface area contributed by atoms with Crippen molar-refractivity contribution in [3.05, 3.63) is 111 Å². The number of fused-ring (bicyclic) bond motifs is 1. The molecule has 0 aliphatic rings. The Labute approximate surface area is 235 Å². The average Bonchev–Trinajstić information content (AvgIpc) is 3.22. The van der Waals surface area contributed by atoms with E-state index in [0.717, 1.165) is 33.3 Å². The molecule has 0 saturated carbocycles. The van der Waals surface area contributed by atoms with Crippen LogP contribution in [0.5, 0.6) is 0 Å².